The van der Waals surface area contributed by atoms with Crippen molar-refractivity contribution >= 4 is 5.91 Å². The van der Waals surface area contributed by atoms with Crippen LogP contribution in [0.5, 0.6) is 0 Å². The molecule has 1 unspecified atom stereocenters. The highest BCUT2D eigenvalue weighted by Gasteiger charge is 2.22. The molecule has 12 heavy (non-hydrogen) atoms. The van der Waals surface area contributed by atoms with E-state index in [9.17, 15) is 9.18 Å². The molecule has 2 atom stereocenters. The Morgan fingerprint density at radius 1 is 1.92 bits per heavy atom. The SMILES string of the molecule is C[C@H](F)CNC1CCONC1=O. The molecule has 0 spiro atoms. The normalized spacial score (nSPS) is 26.5. The second kappa shape index (κ2) is 4.37. The molecule has 1 heterocycles. The molecule has 1 fully saturated rings. The Kier molecular flexibility index (Phi) is 3.43. The number of hydrogen-bond acceptors (Lipinski definition) is 3. The van der Waals surface area contributed by atoms with Gasteiger partial charge in [-0.2, -0.15) is 0 Å². The lowest BCUT2D eigenvalue weighted by molar-refractivity contribution is -0.142. The molecule has 1 aliphatic rings. The maximum Gasteiger partial charge on any atom is 0.260 e. The number of carbonyl (C=O) groups is 1. The zero-order chi connectivity index (χ0) is 8.97. The lowest BCUT2D eigenvalue weighted by Gasteiger charge is -2.22. The first-order chi connectivity index (χ1) is 5.70. The molecule has 0 saturated carbocycles. The fourth-order valence-electron chi connectivity index (χ4n) is 1.00. The summed E-state index contributed by atoms with van der Waals surface area (Å²) in [5, 5.41) is 2.80. The molecule has 0 radical (unpaired) electrons. The Hall–Kier alpha value is -0.680. The molecule has 70 valence electrons. The van der Waals surface area contributed by atoms with Gasteiger partial charge in [-0.15, -0.1) is 0 Å². The zero-order valence-corrected chi connectivity index (χ0v) is 6.97. The molecule has 0 aliphatic carbocycles. The van der Waals surface area contributed by atoms with Gasteiger partial charge in [0.1, 0.15) is 6.17 Å². The first-order valence-corrected chi connectivity index (χ1v) is 3.99. The third-order valence-corrected chi connectivity index (χ3v) is 1.64. The summed E-state index contributed by atoms with van der Waals surface area (Å²) in [5.74, 6) is -0.220. The number of halogens is 1. The predicted molar refractivity (Wildman–Crippen MR) is 41.1 cm³/mol. The van der Waals surface area contributed by atoms with E-state index in [-0.39, 0.29) is 18.5 Å². The Balaban J connectivity index is 2.25. The third-order valence-electron chi connectivity index (χ3n) is 1.64. The molecule has 0 aromatic rings. The lowest BCUT2D eigenvalue weighted by Crippen LogP contribution is -2.50. The van der Waals surface area contributed by atoms with Crippen LogP contribution in [0.3, 0.4) is 0 Å². The van der Waals surface area contributed by atoms with Crippen LogP contribution in [0.2, 0.25) is 0 Å². The van der Waals surface area contributed by atoms with E-state index in [0.29, 0.717) is 13.0 Å². The Morgan fingerprint density at radius 2 is 2.67 bits per heavy atom. The second-order valence-electron chi connectivity index (χ2n) is 2.85. The Morgan fingerprint density at radius 3 is 3.25 bits per heavy atom. The summed E-state index contributed by atoms with van der Waals surface area (Å²) in [4.78, 5) is 15.7. The van der Waals surface area contributed by atoms with Crippen LogP contribution in [0.4, 0.5) is 4.39 Å². The highest BCUT2D eigenvalue weighted by Crippen LogP contribution is 1.99. The molecule has 1 saturated heterocycles. The van der Waals surface area contributed by atoms with Crippen LogP contribution >= 0.6 is 0 Å². The molecular weight excluding hydrogens is 163 g/mol. The van der Waals surface area contributed by atoms with Crippen LogP contribution in [0.25, 0.3) is 0 Å². The van der Waals surface area contributed by atoms with Crippen LogP contribution in [-0.2, 0) is 9.63 Å². The number of rotatable bonds is 3. The van der Waals surface area contributed by atoms with Crippen molar-refractivity contribution in [2.75, 3.05) is 13.2 Å². The highest BCUT2D eigenvalue weighted by atomic mass is 19.1. The minimum absolute atomic E-state index is 0.206. The number of hydroxylamine groups is 1. The molecule has 4 nitrogen and oxygen atoms in total. The summed E-state index contributed by atoms with van der Waals surface area (Å²) in [6.07, 6.45) is -0.334. The third kappa shape index (κ3) is 2.75. The predicted octanol–water partition coefficient (Wildman–Crippen LogP) is -0.246. The average molecular weight is 176 g/mol. The fraction of sp³-hybridized carbons (Fsp3) is 0.857. The first kappa shape index (κ1) is 9.41. The van der Waals surface area contributed by atoms with E-state index >= 15 is 0 Å². The second-order valence-corrected chi connectivity index (χ2v) is 2.85. The van der Waals surface area contributed by atoms with Crippen molar-refractivity contribution < 1.29 is 14.0 Å². The van der Waals surface area contributed by atoms with Crippen LogP contribution in [0, 0.1) is 0 Å². The standard InChI is InChI=1S/C7H13FN2O2/c1-5(8)4-9-6-2-3-12-10-7(6)11/h5-6,9H,2-4H2,1H3,(H,10,11)/t5-,6?/m0/s1. The largest absolute Gasteiger partial charge is 0.303 e. The van der Waals surface area contributed by atoms with E-state index in [1.807, 2.05) is 0 Å². The monoisotopic (exact) mass is 176 g/mol. The molecule has 0 aromatic carbocycles. The van der Waals surface area contributed by atoms with Crippen molar-refractivity contribution in [3.05, 3.63) is 0 Å². The Bertz CT molecular complexity index is 163. The Labute approximate surface area is 70.4 Å². The molecule has 1 amide bonds. The maximum absolute atomic E-state index is 12.4. The topological polar surface area (TPSA) is 50.4 Å². The van der Waals surface area contributed by atoms with Crippen molar-refractivity contribution in [2.24, 2.45) is 0 Å². The van der Waals surface area contributed by atoms with E-state index in [2.05, 4.69) is 15.6 Å². The van der Waals surface area contributed by atoms with Gasteiger partial charge < -0.3 is 5.32 Å². The average Bonchev–Trinajstić information content (AvgIpc) is 2.03. The number of hydrogen-bond donors (Lipinski definition) is 2. The van der Waals surface area contributed by atoms with Gasteiger partial charge in [0.05, 0.1) is 12.6 Å². The maximum atomic E-state index is 12.4. The van der Waals surface area contributed by atoms with Gasteiger partial charge in [-0.25, -0.2) is 9.87 Å². The van der Waals surface area contributed by atoms with E-state index in [0.717, 1.165) is 0 Å². The van der Waals surface area contributed by atoms with E-state index in [4.69, 9.17) is 0 Å². The minimum Gasteiger partial charge on any atom is -0.303 e. The molecule has 0 aromatic heterocycles. The summed E-state index contributed by atoms with van der Waals surface area (Å²) in [5.41, 5.74) is 2.23. The van der Waals surface area contributed by atoms with Gasteiger partial charge in [0.25, 0.3) is 5.91 Å². The molecule has 5 heteroatoms. The van der Waals surface area contributed by atoms with Gasteiger partial charge in [-0.3, -0.25) is 9.63 Å². The van der Waals surface area contributed by atoms with Crippen LogP contribution in [0.15, 0.2) is 0 Å². The smallest absolute Gasteiger partial charge is 0.260 e. The van der Waals surface area contributed by atoms with E-state index < -0.39 is 6.17 Å². The van der Waals surface area contributed by atoms with E-state index in [1.54, 1.807) is 0 Å². The van der Waals surface area contributed by atoms with Gasteiger partial charge in [-0.1, -0.05) is 0 Å². The number of alkyl halides is 1. The summed E-state index contributed by atoms with van der Waals surface area (Å²) in [7, 11) is 0. The van der Waals surface area contributed by atoms with Gasteiger partial charge in [0.15, 0.2) is 0 Å². The quantitative estimate of drug-likeness (QED) is 0.623. The lowest BCUT2D eigenvalue weighted by atomic mass is 10.2. The molecular formula is C7H13FN2O2. The van der Waals surface area contributed by atoms with Crippen LogP contribution in [0.1, 0.15) is 13.3 Å². The summed E-state index contributed by atoms with van der Waals surface area (Å²) in [6, 6.07) is -0.308. The van der Waals surface area contributed by atoms with Crippen molar-refractivity contribution in [2.45, 2.75) is 25.6 Å². The molecule has 0 bridgehead atoms. The van der Waals surface area contributed by atoms with Crippen molar-refractivity contribution in [3.8, 4) is 0 Å². The van der Waals surface area contributed by atoms with Gasteiger partial charge in [-0.05, 0) is 13.3 Å². The zero-order valence-electron chi connectivity index (χ0n) is 6.97. The molecule has 1 rings (SSSR count). The van der Waals surface area contributed by atoms with Crippen molar-refractivity contribution in [1.82, 2.24) is 10.8 Å². The van der Waals surface area contributed by atoms with Gasteiger partial charge in [0.2, 0.25) is 0 Å². The number of amides is 1. The highest BCUT2D eigenvalue weighted by molar-refractivity contribution is 5.81. The van der Waals surface area contributed by atoms with Crippen LogP contribution < -0.4 is 10.8 Å². The summed E-state index contributed by atoms with van der Waals surface area (Å²) in [6.45, 7) is 2.13. The fourth-order valence-corrected chi connectivity index (χ4v) is 1.00. The minimum atomic E-state index is -0.930. The van der Waals surface area contributed by atoms with Crippen molar-refractivity contribution in [1.29, 1.82) is 0 Å². The van der Waals surface area contributed by atoms with Gasteiger partial charge >= 0.3 is 0 Å². The summed E-state index contributed by atoms with van der Waals surface area (Å²) < 4.78 is 12.4. The van der Waals surface area contributed by atoms with E-state index in [1.165, 1.54) is 6.92 Å². The molecule has 2 N–H and O–H groups in total. The summed E-state index contributed by atoms with van der Waals surface area (Å²) >= 11 is 0. The van der Waals surface area contributed by atoms with Crippen molar-refractivity contribution in [3.63, 3.8) is 0 Å². The first-order valence-electron chi connectivity index (χ1n) is 3.99. The number of carbonyl (C=O) groups excluding carboxylic acids is 1. The van der Waals surface area contributed by atoms with Crippen LogP contribution in [-0.4, -0.2) is 31.3 Å². The number of nitrogens with one attached hydrogen (secondary N) is 2. The van der Waals surface area contributed by atoms with Gasteiger partial charge in [0, 0.05) is 6.54 Å². The molecule has 1 aliphatic heterocycles.